The molecule has 0 N–H and O–H groups in total. The van der Waals surface area contributed by atoms with Gasteiger partial charge in [0.05, 0.1) is 0 Å². The Bertz CT molecular complexity index is 277. The molecule has 0 fully saturated rings. The van der Waals surface area contributed by atoms with Crippen LogP contribution in [-0.4, -0.2) is 42.3 Å². The molecule has 0 aliphatic rings. The van der Waals surface area contributed by atoms with E-state index in [1.54, 1.807) is 0 Å². The Balaban J connectivity index is 0.000000423. The summed E-state index contributed by atoms with van der Waals surface area (Å²) in [7, 11) is 6.00. The van der Waals surface area contributed by atoms with Crippen molar-refractivity contribution < 1.29 is 13.2 Å². The topological polar surface area (TPSA) is 3.24 Å². The molecule has 0 aliphatic heterocycles. The molecule has 0 unspecified atom stereocenters. The van der Waals surface area contributed by atoms with Gasteiger partial charge in [0.1, 0.15) is 0 Å². The molecule has 0 bridgehead atoms. The molecule has 1 rings (SSSR count). The van der Waals surface area contributed by atoms with E-state index < -0.39 is 11.7 Å². The summed E-state index contributed by atoms with van der Waals surface area (Å²) in [5.41, 5.74) is -0.608. The van der Waals surface area contributed by atoms with E-state index in [-0.39, 0.29) is 0 Å². The fourth-order valence-electron chi connectivity index (χ4n) is 0.672. The first-order chi connectivity index (χ1) is 6.73. The molecule has 0 amide bonds. The Morgan fingerprint density at radius 2 is 1.33 bits per heavy atom. The molecule has 15 heavy (non-hydrogen) atoms. The van der Waals surface area contributed by atoms with E-state index in [0.717, 1.165) is 16.6 Å². The average molecular weight is 231 g/mol. The van der Waals surface area contributed by atoms with E-state index in [4.69, 9.17) is 0 Å². The van der Waals surface area contributed by atoms with E-state index >= 15 is 0 Å². The fourth-order valence-corrected chi connectivity index (χ4v) is 0.865. The van der Waals surface area contributed by atoms with Crippen molar-refractivity contribution in [2.75, 3.05) is 21.1 Å². The van der Waals surface area contributed by atoms with Crippen LogP contribution in [0.1, 0.15) is 5.56 Å². The standard InChI is InChI=1S/C7H4F3.C3H9N.Al/c8-7(9,10)6-4-2-1-3-5-6;1-4(2)3;/h2-5H;1-3H3;/q;;+2. The summed E-state index contributed by atoms with van der Waals surface area (Å²) in [4.78, 5) is 2.00. The van der Waals surface area contributed by atoms with Crippen molar-refractivity contribution in [3.05, 3.63) is 29.8 Å². The molecule has 0 spiro atoms. The van der Waals surface area contributed by atoms with Gasteiger partial charge in [-0.1, -0.05) is 0 Å². The molecule has 0 aromatic heterocycles. The zero-order valence-electron chi connectivity index (χ0n) is 8.97. The molecular weight excluding hydrogens is 218 g/mol. The molecular formula is C10H13AlF3N+2. The van der Waals surface area contributed by atoms with Crippen molar-refractivity contribution in [2.24, 2.45) is 0 Å². The van der Waals surface area contributed by atoms with Gasteiger partial charge in [0.2, 0.25) is 0 Å². The summed E-state index contributed by atoms with van der Waals surface area (Å²) in [6, 6.07) is 4.94. The second kappa shape index (κ2) is 6.17. The molecule has 1 nitrogen and oxygen atoms in total. The van der Waals surface area contributed by atoms with Gasteiger partial charge in [-0.2, -0.15) is 0 Å². The van der Waals surface area contributed by atoms with E-state index in [1.807, 2.05) is 26.0 Å². The van der Waals surface area contributed by atoms with Gasteiger partial charge in [0.15, 0.2) is 0 Å². The van der Waals surface area contributed by atoms with Crippen LogP contribution in [0, 0.1) is 0 Å². The number of rotatable bonds is 0. The maximum absolute atomic E-state index is 11.9. The van der Waals surface area contributed by atoms with Crippen LogP contribution >= 0.6 is 0 Å². The van der Waals surface area contributed by atoms with Gasteiger partial charge in [0, 0.05) is 0 Å². The maximum atomic E-state index is 11.9. The third-order valence-electron chi connectivity index (χ3n) is 1.24. The van der Waals surface area contributed by atoms with Crippen molar-refractivity contribution in [3.63, 3.8) is 0 Å². The molecule has 0 aliphatic carbocycles. The van der Waals surface area contributed by atoms with Gasteiger partial charge in [-0.05, 0) is 21.1 Å². The summed E-state index contributed by atoms with van der Waals surface area (Å²) in [6.07, 6.45) is -4.22. The molecule has 1 aromatic carbocycles. The number of hydrogen-bond acceptors (Lipinski definition) is 1. The van der Waals surface area contributed by atoms with Crippen LogP contribution in [-0.2, 0) is 6.18 Å². The molecule has 0 heterocycles. The molecule has 0 atom stereocenters. The average Bonchev–Trinajstić information content (AvgIpc) is 2.01. The molecule has 5 heteroatoms. The molecule has 80 valence electrons. The Morgan fingerprint density at radius 1 is 1.00 bits per heavy atom. The summed E-state index contributed by atoms with van der Waals surface area (Å²) >= 11 is 2.33. The number of nitrogens with zero attached hydrogens (tertiary/aromatic N) is 1. The van der Waals surface area contributed by atoms with Crippen molar-refractivity contribution in [1.29, 1.82) is 0 Å². The second-order valence-corrected chi connectivity index (χ2v) is 4.13. The van der Waals surface area contributed by atoms with Crippen LogP contribution < -0.4 is 4.43 Å². The fraction of sp³-hybridized carbons (Fsp3) is 0.400. The van der Waals surface area contributed by atoms with Crippen LogP contribution in [0.15, 0.2) is 24.3 Å². The van der Waals surface area contributed by atoms with Gasteiger partial charge in [-0.25, -0.2) is 0 Å². The zero-order valence-corrected chi connectivity index (χ0v) is 10.1. The predicted molar refractivity (Wildman–Crippen MR) is 56.4 cm³/mol. The number of alkyl halides is 3. The minimum absolute atomic E-state index is 0.608. The number of benzene rings is 1. The van der Waals surface area contributed by atoms with Gasteiger partial charge in [-0.15, -0.1) is 0 Å². The first-order valence-electron chi connectivity index (χ1n) is 4.27. The SMILES string of the molecule is CN(C)C.FC(F)(F)c1cc[c]([Al+2])cc1. The van der Waals surface area contributed by atoms with E-state index in [0.29, 0.717) is 0 Å². The zero-order chi connectivity index (χ0) is 12.1. The van der Waals surface area contributed by atoms with E-state index in [2.05, 4.69) is 16.3 Å². The minimum atomic E-state index is -4.22. The molecule has 0 saturated heterocycles. The monoisotopic (exact) mass is 231 g/mol. The van der Waals surface area contributed by atoms with Crippen molar-refractivity contribution in [1.82, 2.24) is 4.90 Å². The van der Waals surface area contributed by atoms with E-state index in [1.165, 1.54) is 12.1 Å². The first kappa shape index (κ1) is 14.5. The third kappa shape index (κ3) is 7.43. The van der Waals surface area contributed by atoms with Gasteiger partial charge < -0.3 is 4.90 Å². The summed E-state index contributed by atoms with van der Waals surface area (Å²) in [5, 5.41) is 0. The number of hydrogen-bond donors (Lipinski definition) is 0. The van der Waals surface area contributed by atoms with Crippen molar-refractivity contribution >= 4 is 20.7 Å². The van der Waals surface area contributed by atoms with Crippen LogP contribution in [0.3, 0.4) is 0 Å². The number of halogens is 3. The van der Waals surface area contributed by atoms with Crippen molar-refractivity contribution in [3.8, 4) is 0 Å². The Kier molecular flexibility index (Phi) is 5.96. The first-order valence-corrected chi connectivity index (χ1v) is 4.85. The molecule has 1 aromatic rings. The normalized spacial score (nSPS) is 11.0. The van der Waals surface area contributed by atoms with Gasteiger partial charge in [-0.3, -0.25) is 0 Å². The Labute approximate surface area is 96.3 Å². The predicted octanol–water partition coefficient (Wildman–Crippen LogP) is 1.68. The van der Waals surface area contributed by atoms with Crippen molar-refractivity contribution in [2.45, 2.75) is 6.18 Å². The van der Waals surface area contributed by atoms with Crippen LogP contribution in [0.4, 0.5) is 13.2 Å². The summed E-state index contributed by atoms with van der Waals surface area (Å²) < 4.78 is 36.5. The Morgan fingerprint density at radius 3 is 1.60 bits per heavy atom. The van der Waals surface area contributed by atoms with Crippen LogP contribution in [0.5, 0.6) is 0 Å². The molecule has 0 radical (unpaired) electrons. The second-order valence-electron chi connectivity index (χ2n) is 3.46. The third-order valence-corrected chi connectivity index (χ3v) is 1.62. The van der Waals surface area contributed by atoms with Gasteiger partial charge >= 0.3 is 69.9 Å². The van der Waals surface area contributed by atoms with Crippen LogP contribution in [0.25, 0.3) is 0 Å². The quantitative estimate of drug-likeness (QED) is 0.614. The van der Waals surface area contributed by atoms with Gasteiger partial charge in [0.25, 0.3) is 0 Å². The van der Waals surface area contributed by atoms with E-state index in [9.17, 15) is 13.2 Å². The summed E-state index contributed by atoms with van der Waals surface area (Å²) in [6.45, 7) is 0. The van der Waals surface area contributed by atoms with Crippen LogP contribution in [0.2, 0.25) is 0 Å². The Hall–Kier alpha value is -0.498. The summed E-state index contributed by atoms with van der Waals surface area (Å²) in [5.74, 6) is 0. The molecule has 0 saturated carbocycles.